The molecule has 2 aromatic rings. The highest BCUT2D eigenvalue weighted by molar-refractivity contribution is 7.11. The second-order valence-electron chi connectivity index (χ2n) is 4.32. The number of thiazole rings is 1. The van der Waals surface area contributed by atoms with E-state index >= 15 is 0 Å². The van der Waals surface area contributed by atoms with Crippen molar-refractivity contribution >= 4 is 23.1 Å². The number of aromatic nitrogens is 1. The third-order valence-electron chi connectivity index (χ3n) is 2.88. The zero-order valence-corrected chi connectivity index (χ0v) is 12.4. The molecule has 2 rings (SSSR count). The standard InChI is InChI=1S/C14H16N4O2S/c1-2-11-7-16-12(21-11)8-17-14(19)10-5-3-4-9(6-10)13(15)18-20/h3-7,20H,2,8H2,1H3,(H2,15,18)(H,17,19). The minimum absolute atomic E-state index is 0.0304. The van der Waals surface area contributed by atoms with Gasteiger partial charge in [0, 0.05) is 22.2 Å². The minimum Gasteiger partial charge on any atom is -0.409 e. The van der Waals surface area contributed by atoms with E-state index in [0.29, 0.717) is 17.7 Å². The molecule has 0 spiro atoms. The van der Waals surface area contributed by atoms with Crippen LogP contribution in [0.25, 0.3) is 0 Å². The summed E-state index contributed by atoms with van der Waals surface area (Å²) in [7, 11) is 0. The van der Waals surface area contributed by atoms with Crippen LogP contribution in [0.2, 0.25) is 0 Å². The van der Waals surface area contributed by atoms with E-state index in [4.69, 9.17) is 10.9 Å². The van der Waals surface area contributed by atoms with E-state index in [1.165, 1.54) is 4.88 Å². The molecule has 1 amide bonds. The van der Waals surface area contributed by atoms with Crippen molar-refractivity contribution in [3.05, 3.63) is 51.5 Å². The second-order valence-corrected chi connectivity index (χ2v) is 5.52. The van der Waals surface area contributed by atoms with Gasteiger partial charge in [0.1, 0.15) is 5.01 Å². The lowest BCUT2D eigenvalue weighted by Crippen LogP contribution is -2.23. The Morgan fingerprint density at radius 3 is 2.90 bits per heavy atom. The van der Waals surface area contributed by atoms with Crippen LogP contribution in [-0.2, 0) is 13.0 Å². The molecule has 0 saturated carbocycles. The number of amides is 1. The predicted molar refractivity (Wildman–Crippen MR) is 81.6 cm³/mol. The lowest BCUT2D eigenvalue weighted by atomic mass is 10.1. The summed E-state index contributed by atoms with van der Waals surface area (Å²) in [5.41, 5.74) is 6.45. The van der Waals surface area contributed by atoms with Crippen LogP contribution in [0.15, 0.2) is 35.6 Å². The summed E-state index contributed by atoms with van der Waals surface area (Å²) in [6.45, 7) is 2.45. The Hall–Kier alpha value is -2.41. The van der Waals surface area contributed by atoms with Gasteiger partial charge < -0.3 is 16.3 Å². The first-order valence-corrected chi connectivity index (χ1v) is 7.25. The highest BCUT2D eigenvalue weighted by Gasteiger charge is 2.09. The van der Waals surface area contributed by atoms with Gasteiger partial charge in [-0.3, -0.25) is 4.79 Å². The Balaban J connectivity index is 2.03. The van der Waals surface area contributed by atoms with Gasteiger partial charge in [-0.2, -0.15) is 0 Å². The maximum Gasteiger partial charge on any atom is 0.251 e. The maximum absolute atomic E-state index is 12.1. The van der Waals surface area contributed by atoms with E-state index in [-0.39, 0.29) is 11.7 Å². The number of amidine groups is 1. The van der Waals surface area contributed by atoms with Crippen molar-refractivity contribution in [2.75, 3.05) is 0 Å². The van der Waals surface area contributed by atoms with Gasteiger partial charge in [-0.1, -0.05) is 24.2 Å². The van der Waals surface area contributed by atoms with Crippen LogP contribution in [0.4, 0.5) is 0 Å². The van der Waals surface area contributed by atoms with Crippen molar-refractivity contribution in [1.29, 1.82) is 0 Å². The first-order chi connectivity index (χ1) is 10.1. The molecule has 110 valence electrons. The number of carbonyl (C=O) groups excluding carboxylic acids is 1. The Labute approximate surface area is 126 Å². The fourth-order valence-electron chi connectivity index (χ4n) is 1.73. The Bertz CT molecular complexity index is 666. The second kappa shape index (κ2) is 6.85. The molecule has 0 saturated heterocycles. The first kappa shape index (κ1) is 15.0. The Morgan fingerprint density at radius 2 is 2.24 bits per heavy atom. The summed E-state index contributed by atoms with van der Waals surface area (Å²) in [5, 5.41) is 15.2. The maximum atomic E-state index is 12.1. The van der Waals surface area contributed by atoms with Crippen molar-refractivity contribution in [2.45, 2.75) is 19.9 Å². The smallest absolute Gasteiger partial charge is 0.251 e. The van der Waals surface area contributed by atoms with Crippen molar-refractivity contribution < 1.29 is 10.0 Å². The van der Waals surface area contributed by atoms with Crippen LogP contribution in [0, 0.1) is 0 Å². The molecule has 0 radical (unpaired) electrons. The monoisotopic (exact) mass is 304 g/mol. The van der Waals surface area contributed by atoms with E-state index in [1.807, 2.05) is 6.20 Å². The molecule has 21 heavy (non-hydrogen) atoms. The van der Waals surface area contributed by atoms with Gasteiger partial charge in [-0.25, -0.2) is 4.98 Å². The topological polar surface area (TPSA) is 101 Å². The fourth-order valence-corrected chi connectivity index (χ4v) is 2.53. The van der Waals surface area contributed by atoms with Crippen LogP contribution >= 0.6 is 11.3 Å². The van der Waals surface area contributed by atoms with Crippen LogP contribution in [-0.4, -0.2) is 21.9 Å². The molecule has 6 nitrogen and oxygen atoms in total. The number of hydrogen-bond acceptors (Lipinski definition) is 5. The van der Waals surface area contributed by atoms with Crippen molar-refractivity contribution in [1.82, 2.24) is 10.3 Å². The molecule has 0 aliphatic carbocycles. The van der Waals surface area contributed by atoms with Gasteiger partial charge >= 0.3 is 0 Å². The third kappa shape index (κ3) is 3.79. The molecule has 1 heterocycles. The zero-order valence-electron chi connectivity index (χ0n) is 11.5. The molecule has 7 heteroatoms. The quantitative estimate of drug-likeness (QED) is 0.339. The Morgan fingerprint density at radius 1 is 1.48 bits per heavy atom. The predicted octanol–water partition coefficient (Wildman–Crippen LogP) is 1.73. The molecule has 0 aliphatic heterocycles. The van der Waals surface area contributed by atoms with Gasteiger partial charge in [0.25, 0.3) is 5.91 Å². The van der Waals surface area contributed by atoms with Gasteiger partial charge in [-0.05, 0) is 18.6 Å². The summed E-state index contributed by atoms with van der Waals surface area (Å²) < 4.78 is 0. The number of nitrogens with two attached hydrogens (primary N) is 1. The number of carbonyl (C=O) groups is 1. The number of rotatable bonds is 5. The largest absolute Gasteiger partial charge is 0.409 e. The number of oxime groups is 1. The van der Waals surface area contributed by atoms with Crippen LogP contribution in [0.5, 0.6) is 0 Å². The molecular formula is C14H16N4O2S. The van der Waals surface area contributed by atoms with Gasteiger partial charge in [0.2, 0.25) is 0 Å². The molecule has 4 N–H and O–H groups in total. The van der Waals surface area contributed by atoms with E-state index in [0.717, 1.165) is 11.4 Å². The van der Waals surface area contributed by atoms with Crippen molar-refractivity contribution in [3.8, 4) is 0 Å². The lowest BCUT2D eigenvalue weighted by Gasteiger charge is -2.05. The SMILES string of the molecule is CCc1cnc(CNC(=O)c2cccc(/C(N)=N/O)c2)s1. The third-order valence-corrected chi connectivity index (χ3v) is 4.02. The van der Waals surface area contributed by atoms with Crippen LogP contribution in [0.3, 0.4) is 0 Å². The van der Waals surface area contributed by atoms with E-state index in [1.54, 1.807) is 35.6 Å². The summed E-state index contributed by atoms with van der Waals surface area (Å²) in [6.07, 6.45) is 2.76. The van der Waals surface area contributed by atoms with Crippen molar-refractivity contribution in [2.24, 2.45) is 10.9 Å². The molecule has 0 fully saturated rings. The normalized spacial score (nSPS) is 11.4. The van der Waals surface area contributed by atoms with Crippen LogP contribution < -0.4 is 11.1 Å². The average Bonchev–Trinajstić information content (AvgIpc) is 3.00. The summed E-state index contributed by atoms with van der Waals surface area (Å²) >= 11 is 1.58. The summed E-state index contributed by atoms with van der Waals surface area (Å²) in [6, 6.07) is 6.59. The number of benzene rings is 1. The van der Waals surface area contributed by atoms with E-state index < -0.39 is 0 Å². The molecule has 1 aromatic heterocycles. The minimum atomic E-state index is -0.226. The number of hydrogen-bond donors (Lipinski definition) is 3. The molecule has 0 bridgehead atoms. The van der Waals surface area contributed by atoms with Crippen molar-refractivity contribution in [3.63, 3.8) is 0 Å². The van der Waals surface area contributed by atoms with Gasteiger partial charge in [0.05, 0.1) is 6.54 Å². The fraction of sp³-hybridized carbons (Fsp3) is 0.214. The average molecular weight is 304 g/mol. The molecule has 1 aromatic carbocycles. The molecule has 0 unspecified atom stereocenters. The highest BCUT2D eigenvalue weighted by atomic mass is 32.1. The number of aryl methyl sites for hydroxylation is 1. The Kier molecular flexibility index (Phi) is 4.89. The van der Waals surface area contributed by atoms with Gasteiger partial charge in [-0.15, -0.1) is 11.3 Å². The van der Waals surface area contributed by atoms with Crippen LogP contribution in [0.1, 0.15) is 32.7 Å². The number of nitrogens with one attached hydrogen (secondary N) is 1. The summed E-state index contributed by atoms with van der Waals surface area (Å²) in [5.74, 6) is -0.256. The highest BCUT2D eigenvalue weighted by Crippen LogP contribution is 2.13. The summed E-state index contributed by atoms with van der Waals surface area (Å²) in [4.78, 5) is 17.5. The van der Waals surface area contributed by atoms with Gasteiger partial charge in [0.15, 0.2) is 5.84 Å². The molecule has 0 aliphatic rings. The lowest BCUT2D eigenvalue weighted by molar-refractivity contribution is 0.0951. The molecule has 0 atom stereocenters. The van der Waals surface area contributed by atoms with E-state index in [9.17, 15) is 4.79 Å². The molecular weight excluding hydrogens is 288 g/mol. The number of nitrogens with zero attached hydrogens (tertiary/aromatic N) is 2. The zero-order chi connectivity index (χ0) is 15.2. The van der Waals surface area contributed by atoms with E-state index in [2.05, 4.69) is 22.4 Å². The first-order valence-electron chi connectivity index (χ1n) is 6.43.